The minimum Gasteiger partial charge on any atom is -0.481 e. The predicted octanol–water partition coefficient (Wildman–Crippen LogP) is 3.19. The van der Waals surface area contributed by atoms with Gasteiger partial charge in [0.05, 0.1) is 5.56 Å². The van der Waals surface area contributed by atoms with Gasteiger partial charge >= 0.3 is 18.2 Å². The molecule has 0 aromatic heterocycles. The molecule has 5 nitrogen and oxygen atoms in total. The summed E-state index contributed by atoms with van der Waals surface area (Å²) in [4.78, 5) is 22.1. The molecule has 0 fully saturated rings. The highest BCUT2D eigenvalue weighted by Gasteiger charge is 2.30. The van der Waals surface area contributed by atoms with Crippen molar-refractivity contribution >= 4 is 12.0 Å². The second-order valence-electron chi connectivity index (χ2n) is 6.13. The van der Waals surface area contributed by atoms with Crippen LogP contribution < -0.4 is 10.6 Å². The van der Waals surface area contributed by atoms with Crippen LogP contribution in [0.5, 0.6) is 0 Å². The molecule has 2 amide bonds. The van der Waals surface area contributed by atoms with Crippen molar-refractivity contribution in [1.29, 1.82) is 0 Å². The topological polar surface area (TPSA) is 78.4 Å². The fraction of sp³-hybridized carbons (Fsp3) is 0.500. The maximum absolute atomic E-state index is 12.5. The number of aliphatic carboxylic acids is 1. The first kappa shape index (κ1) is 19.8. The van der Waals surface area contributed by atoms with Crippen molar-refractivity contribution < 1.29 is 27.9 Å². The molecule has 0 radical (unpaired) electrons. The molecule has 0 aliphatic heterocycles. The van der Waals surface area contributed by atoms with Crippen molar-refractivity contribution in [1.82, 2.24) is 10.6 Å². The lowest BCUT2D eigenvalue weighted by molar-refractivity contribution is -0.138. The fourth-order valence-corrected chi connectivity index (χ4v) is 2.16. The minimum absolute atomic E-state index is 0.0325. The number of halogens is 3. The van der Waals surface area contributed by atoms with Crippen LogP contribution in [-0.2, 0) is 17.4 Å². The molecule has 0 heterocycles. The van der Waals surface area contributed by atoms with Gasteiger partial charge in [0.2, 0.25) is 0 Å². The van der Waals surface area contributed by atoms with E-state index >= 15 is 0 Å². The lowest BCUT2D eigenvalue weighted by Crippen LogP contribution is -2.49. The monoisotopic (exact) mass is 346 g/mol. The Hall–Kier alpha value is -2.25. The Morgan fingerprint density at radius 1 is 1.12 bits per heavy atom. The number of hydrogen-bond donors (Lipinski definition) is 3. The number of alkyl halides is 3. The van der Waals surface area contributed by atoms with Crippen molar-refractivity contribution in [3.63, 3.8) is 0 Å². The van der Waals surface area contributed by atoms with Gasteiger partial charge in [-0.05, 0) is 44.4 Å². The SMILES string of the molecule is CC(C)(Cc1ccc(C(F)(F)F)cc1)NC(=O)NCCCC(=O)O. The van der Waals surface area contributed by atoms with E-state index in [4.69, 9.17) is 5.11 Å². The van der Waals surface area contributed by atoms with Gasteiger partial charge in [-0.25, -0.2) is 4.79 Å². The third-order valence-corrected chi connectivity index (χ3v) is 3.23. The van der Waals surface area contributed by atoms with Crippen LogP contribution in [0.1, 0.15) is 37.8 Å². The number of rotatable bonds is 7. The smallest absolute Gasteiger partial charge is 0.416 e. The molecule has 0 saturated carbocycles. The van der Waals surface area contributed by atoms with Crippen LogP contribution in [0, 0.1) is 0 Å². The van der Waals surface area contributed by atoms with Crippen LogP contribution >= 0.6 is 0 Å². The van der Waals surface area contributed by atoms with E-state index in [1.165, 1.54) is 12.1 Å². The van der Waals surface area contributed by atoms with Gasteiger partial charge in [-0.3, -0.25) is 4.79 Å². The quantitative estimate of drug-likeness (QED) is 0.664. The highest BCUT2D eigenvalue weighted by Crippen LogP contribution is 2.29. The van der Waals surface area contributed by atoms with Crippen molar-refractivity contribution in [2.45, 2.75) is 44.8 Å². The number of nitrogens with one attached hydrogen (secondary N) is 2. The number of amides is 2. The standard InChI is InChI=1S/C16H21F3N2O3/c1-15(2,21-14(24)20-9-3-4-13(22)23)10-11-5-7-12(8-6-11)16(17,18)19/h5-8H,3-4,9-10H2,1-2H3,(H,22,23)(H2,20,21,24). The average molecular weight is 346 g/mol. The molecule has 8 heteroatoms. The van der Waals surface area contributed by atoms with E-state index in [0.717, 1.165) is 12.1 Å². The van der Waals surface area contributed by atoms with Gasteiger partial charge in [-0.1, -0.05) is 12.1 Å². The van der Waals surface area contributed by atoms with Crippen LogP contribution in [0.4, 0.5) is 18.0 Å². The predicted molar refractivity (Wildman–Crippen MR) is 82.6 cm³/mol. The number of carboxylic acids is 1. The largest absolute Gasteiger partial charge is 0.481 e. The Morgan fingerprint density at radius 2 is 1.71 bits per heavy atom. The molecule has 0 spiro atoms. The van der Waals surface area contributed by atoms with E-state index in [2.05, 4.69) is 10.6 Å². The summed E-state index contributed by atoms with van der Waals surface area (Å²) in [6.07, 6.45) is -3.73. The summed E-state index contributed by atoms with van der Waals surface area (Å²) in [6.45, 7) is 3.73. The molecule has 1 aromatic rings. The third-order valence-electron chi connectivity index (χ3n) is 3.23. The van der Waals surface area contributed by atoms with E-state index in [1.54, 1.807) is 13.8 Å². The number of urea groups is 1. The first-order valence-electron chi connectivity index (χ1n) is 7.43. The number of carbonyl (C=O) groups excluding carboxylic acids is 1. The second-order valence-corrected chi connectivity index (χ2v) is 6.13. The maximum atomic E-state index is 12.5. The molecule has 1 aromatic carbocycles. The van der Waals surface area contributed by atoms with E-state index in [1.807, 2.05) is 0 Å². The molecular weight excluding hydrogens is 325 g/mol. The molecule has 0 saturated heterocycles. The summed E-state index contributed by atoms with van der Waals surface area (Å²) in [5.41, 5.74) is -0.719. The molecule has 1 rings (SSSR count). The Labute approximate surface area is 138 Å². The summed E-state index contributed by atoms with van der Waals surface area (Å²) in [5.74, 6) is -0.931. The first-order chi connectivity index (χ1) is 11.0. The van der Waals surface area contributed by atoms with Gasteiger partial charge in [-0.2, -0.15) is 13.2 Å². The van der Waals surface area contributed by atoms with Gasteiger partial charge in [0.1, 0.15) is 0 Å². The fourth-order valence-electron chi connectivity index (χ4n) is 2.16. The normalized spacial score (nSPS) is 11.9. The Kier molecular flexibility index (Phi) is 6.62. The maximum Gasteiger partial charge on any atom is 0.416 e. The number of carboxylic acid groups (broad SMARTS) is 1. The Morgan fingerprint density at radius 3 is 2.21 bits per heavy atom. The summed E-state index contributed by atoms with van der Waals surface area (Å²) in [6, 6.07) is 4.35. The van der Waals surface area contributed by atoms with Crippen molar-refractivity contribution in [2.75, 3.05) is 6.54 Å². The number of hydrogen-bond acceptors (Lipinski definition) is 2. The van der Waals surface area contributed by atoms with Gasteiger partial charge in [0.25, 0.3) is 0 Å². The average Bonchev–Trinajstić information content (AvgIpc) is 2.42. The van der Waals surface area contributed by atoms with Gasteiger partial charge in [0, 0.05) is 18.5 Å². The summed E-state index contributed by atoms with van der Waals surface area (Å²) in [5, 5.41) is 13.8. The number of benzene rings is 1. The zero-order valence-corrected chi connectivity index (χ0v) is 13.5. The lowest BCUT2D eigenvalue weighted by Gasteiger charge is -2.26. The zero-order valence-electron chi connectivity index (χ0n) is 13.5. The van der Waals surface area contributed by atoms with Crippen molar-refractivity contribution in [2.24, 2.45) is 0 Å². The van der Waals surface area contributed by atoms with Crippen LogP contribution in [-0.4, -0.2) is 29.2 Å². The molecule has 0 aliphatic carbocycles. The lowest BCUT2D eigenvalue weighted by atomic mass is 9.94. The molecule has 0 aliphatic rings. The zero-order chi connectivity index (χ0) is 18.4. The first-order valence-corrected chi connectivity index (χ1v) is 7.43. The van der Waals surface area contributed by atoms with Crippen molar-refractivity contribution in [3.05, 3.63) is 35.4 Å². The third kappa shape index (κ3) is 7.34. The van der Waals surface area contributed by atoms with E-state index in [9.17, 15) is 22.8 Å². The molecule has 0 bridgehead atoms. The van der Waals surface area contributed by atoms with E-state index < -0.39 is 29.3 Å². The Balaban J connectivity index is 2.50. The molecule has 24 heavy (non-hydrogen) atoms. The van der Waals surface area contributed by atoms with Crippen LogP contribution in [0.15, 0.2) is 24.3 Å². The van der Waals surface area contributed by atoms with Crippen molar-refractivity contribution in [3.8, 4) is 0 Å². The highest BCUT2D eigenvalue weighted by atomic mass is 19.4. The van der Waals surface area contributed by atoms with E-state index in [-0.39, 0.29) is 13.0 Å². The minimum atomic E-state index is -4.37. The second kappa shape index (κ2) is 8.03. The summed E-state index contributed by atoms with van der Waals surface area (Å²) in [7, 11) is 0. The molecule has 0 atom stereocenters. The van der Waals surface area contributed by atoms with E-state index in [0.29, 0.717) is 18.4 Å². The molecule has 134 valence electrons. The van der Waals surface area contributed by atoms with Gasteiger partial charge in [-0.15, -0.1) is 0 Å². The summed E-state index contributed by atoms with van der Waals surface area (Å²) < 4.78 is 37.6. The van der Waals surface area contributed by atoms with Crippen LogP contribution in [0.3, 0.4) is 0 Å². The number of carbonyl (C=O) groups is 2. The summed E-state index contributed by atoms with van der Waals surface area (Å²) >= 11 is 0. The molecule has 3 N–H and O–H groups in total. The highest BCUT2D eigenvalue weighted by molar-refractivity contribution is 5.74. The van der Waals surface area contributed by atoms with Crippen LogP contribution in [0.25, 0.3) is 0 Å². The van der Waals surface area contributed by atoms with Crippen LogP contribution in [0.2, 0.25) is 0 Å². The Bertz CT molecular complexity index is 569. The molecule has 0 unspecified atom stereocenters. The van der Waals surface area contributed by atoms with Gasteiger partial charge in [0.15, 0.2) is 0 Å². The molecular formula is C16H21F3N2O3. The van der Waals surface area contributed by atoms with Gasteiger partial charge < -0.3 is 15.7 Å².